The van der Waals surface area contributed by atoms with Gasteiger partial charge in [0.2, 0.25) is 5.91 Å². The number of aromatic nitrogens is 1. The molecule has 42 heavy (non-hydrogen) atoms. The molecule has 10 heteroatoms. The normalized spacial score (nSPS) is 15.5. The highest BCUT2D eigenvalue weighted by Gasteiger charge is 2.35. The standard InChI is InChI=1S/C30H28FN3O5S.C2H6/c1-30(17-27(35)34-29-32-11-12-40-29)23-16-26(25(38-2)14-20(23)9-10-33-30)39-21-7-8-22(24(31)15-21)19-5-3-18(4-6-19)13-28(36)37;1-2/h3-8,11-12,14-16,33H,9-10,13,17H2,1-2H3,(H,36,37)(H,32,34,35);1-2H3/t30-;/m1./s1. The number of nitrogens with zero attached hydrogens (tertiary/aromatic N) is 1. The van der Waals surface area contributed by atoms with E-state index in [9.17, 15) is 9.59 Å². The molecule has 8 nitrogen and oxygen atoms in total. The summed E-state index contributed by atoms with van der Waals surface area (Å²) in [6.45, 7) is 6.67. The number of halogens is 1. The molecule has 5 rings (SSSR count). The van der Waals surface area contributed by atoms with Gasteiger partial charge in [-0.3, -0.25) is 9.59 Å². The quantitative estimate of drug-likeness (QED) is 0.197. The molecule has 0 unspecified atom stereocenters. The van der Waals surface area contributed by atoms with Crippen LogP contribution >= 0.6 is 11.3 Å². The molecule has 3 aromatic carbocycles. The van der Waals surface area contributed by atoms with E-state index >= 15 is 4.39 Å². The topological polar surface area (TPSA) is 110 Å². The van der Waals surface area contributed by atoms with E-state index in [1.54, 1.807) is 55.1 Å². The van der Waals surface area contributed by atoms with Crippen molar-refractivity contribution in [2.45, 2.75) is 45.6 Å². The third-order valence-electron chi connectivity index (χ3n) is 6.87. The number of carboxylic acids is 1. The first-order chi connectivity index (χ1) is 20.2. The molecule has 0 bridgehead atoms. The number of amides is 1. The number of hydrogen-bond acceptors (Lipinski definition) is 7. The average molecular weight is 592 g/mol. The molecule has 2 heterocycles. The summed E-state index contributed by atoms with van der Waals surface area (Å²) in [6, 6.07) is 15.1. The summed E-state index contributed by atoms with van der Waals surface area (Å²) in [5, 5.41) is 17.6. The molecule has 1 aliphatic rings. The highest BCUT2D eigenvalue weighted by atomic mass is 32.1. The van der Waals surface area contributed by atoms with Crippen molar-refractivity contribution in [2.75, 3.05) is 19.0 Å². The molecule has 0 saturated carbocycles. The van der Waals surface area contributed by atoms with Gasteiger partial charge in [-0.15, -0.1) is 11.3 Å². The third-order valence-corrected chi connectivity index (χ3v) is 7.56. The third kappa shape index (κ3) is 7.13. The van der Waals surface area contributed by atoms with Crippen molar-refractivity contribution in [1.29, 1.82) is 0 Å². The number of methoxy groups -OCH3 is 1. The van der Waals surface area contributed by atoms with Crippen LogP contribution in [0.5, 0.6) is 17.2 Å². The number of hydrogen-bond donors (Lipinski definition) is 3. The van der Waals surface area contributed by atoms with Crippen molar-refractivity contribution in [3.05, 3.63) is 88.7 Å². The van der Waals surface area contributed by atoms with E-state index in [0.717, 1.165) is 17.5 Å². The summed E-state index contributed by atoms with van der Waals surface area (Å²) in [5.74, 6) is -0.368. The molecule has 0 radical (unpaired) electrons. The van der Waals surface area contributed by atoms with Gasteiger partial charge < -0.3 is 25.2 Å². The first kappa shape index (κ1) is 30.7. The van der Waals surface area contributed by atoms with Crippen LogP contribution in [0, 0.1) is 5.82 Å². The van der Waals surface area contributed by atoms with Gasteiger partial charge in [0.15, 0.2) is 16.6 Å². The maximum Gasteiger partial charge on any atom is 0.307 e. The van der Waals surface area contributed by atoms with E-state index in [1.165, 1.54) is 17.4 Å². The van der Waals surface area contributed by atoms with Gasteiger partial charge >= 0.3 is 5.97 Å². The summed E-state index contributed by atoms with van der Waals surface area (Å²) >= 11 is 1.36. The number of ether oxygens (including phenoxy) is 2. The van der Waals surface area contributed by atoms with E-state index in [-0.39, 0.29) is 24.5 Å². The second kappa shape index (κ2) is 13.6. The zero-order valence-electron chi connectivity index (χ0n) is 24.0. The molecular formula is C32H34FN3O5S. The molecule has 1 amide bonds. The van der Waals surface area contributed by atoms with Crippen LogP contribution in [0.2, 0.25) is 0 Å². The fourth-order valence-corrected chi connectivity index (χ4v) is 5.50. The fraction of sp³-hybridized carbons (Fsp3) is 0.281. The van der Waals surface area contributed by atoms with E-state index in [2.05, 4.69) is 15.6 Å². The number of rotatable bonds is 9. The predicted octanol–water partition coefficient (Wildman–Crippen LogP) is 6.79. The zero-order chi connectivity index (χ0) is 30.3. The Balaban J connectivity index is 0.00000198. The van der Waals surface area contributed by atoms with Gasteiger partial charge in [0.05, 0.1) is 13.5 Å². The maximum atomic E-state index is 15.2. The number of carbonyl (C=O) groups is 2. The second-order valence-electron chi connectivity index (χ2n) is 9.74. The highest BCUT2D eigenvalue weighted by molar-refractivity contribution is 7.13. The van der Waals surface area contributed by atoms with Crippen LogP contribution in [0.1, 0.15) is 43.9 Å². The average Bonchev–Trinajstić information content (AvgIpc) is 3.47. The molecule has 0 saturated heterocycles. The molecule has 1 aromatic heterocycles. The van der Waals surface area contributed by atoms with Gasteiger partial charge in [0.1, 0.15) is 11.6 Å². The monoisotopic (exact) mass is 591 g/mol. The Morgan fingerprint density at radius 2 is 1.88 bits per heavy atom. The number of carbonyl (C=O) groups excluding carboxylic acids is 1. The lowest BCUT2D eigenvalue weighted by molar-refractivity contribution is -0.136. The zero-order valence-corrected chi connectivity index (χ0v) is 24.8. The van der Waals surface area contributed by atoms with Crippen LogP contribution in [0.4, 0.5) is 9.52 Å². The summed E-state index contributed by atoms with van der Waals surface area (Å²) in [5.41, 5.74) is 2.92. The van der Waals surface area contributed by atoms with Crippen molar-refractivity contribution in [3.8, 4) is 28.4 Å². The first-order valence-electron chi connectivity index (χ1n) is 13.7. The Labute approximate surface area is 248 Å². The van der Waals surface area contributed by atoms with Crippen LogP contribution in [0.3, 0.4) is 0 Å². The lowest BCUT2D eigenvalue weighted by Crippen LogP contribution is -2.47. The summed E-state index contributed by atoms with van der Waals surface area (Å²) in [4.78, 5) is 27.9. The van der Waals surface area contributed by atoms with Gasteiger partial charge in [-0.05, 0) is 59.9 Å². The lowest BCUT2D eigenvalue weighted by Gasteiger charge is -2.37. The number of aliphatic carboxylic acids is 1. The molecule has 1 aliphatic heterocycles. The Morgan fingerprint density at radius 3 is 2.52 bits per heavy atom. The van der Waals surface area contributed by atoms with Crippen molar-refractivity contribution in [1.82, 2.24) is 10.3 Å². The van der Waals surface area contributed by atoms with Crippen LogP contribution in [-0.2, 0) is 28.0 Å². The first-order valence-corrected chi connectivity index (χ1v) is 14.6. The molecule has 0 aliphatic carbocycles. The highest BCUT2D eigenvalue weighted by Crippen LogP contribution is 2.41. The summed E-state index contributed by atoms with van der Waals surface area (Å²) in [6.07, 6.45) is 2.48. The molecule has 0 spiro atoms. The van der Waals surface area contributed by atoms with Crippen LogP contribution in [-0.4, -0.2) is 35.6 Å². The summed E-state index contributed by atoms with van der Waals surface area (Å²) in [7, 11) is 1.55. The molecule has 1 atom stereocenters. The van der Waals surface area contributed by atoms with Crippen molar-refractivity contribution >= 4 is 28.3 Å². The number of carboxylic acid groups (broad SMARTS) is 1. The van der Waals surface area contributed by atoms with Crippen molar-refractivity contribution in [2.24, 2.45) is 0 Å². The van der Waals surface area contributed by atoms with Crippen molar-refractivity contribution < 1.29 is 28.6 Å². The van der Waals surface area contributed by atoms with Gasteiger partial charge in [-0.25, -0.2) is 9.37 Å². The van der Waals surface area contributed by atoms with Gasteiger partial charge in [-0.2, -0.15) is 0 Å². The molecule has 0 fully saturated rings. The number of anilines is 1. The van der Waals surface area contributed by atoms with E-state index < -0.39 is 17.3 Å². The second-order valence-corrected chi connectivity index (χ2v) is 10.6. The van der Waals surface area contributed by atoms with Crippen molar-refractivity contribution in [3.63, 3.8) is 0 Å². The largest absolute Gasteiger partial charge is 0.493 e. The SMILES string of the molecule is CC.COc1cc2c(cc1Oc1ccc(-c3ccc(CC(=O)O)cc3)c(F)c1)[C@@](C)(CC(=O)Nc1nccs1)NCC2. The Bertz CT molecular complexity index is 1540. The number of thiazole rings is 1. The number of nitrogens with one attached hydrogen (secondary N) is 2. The number of fused-ring (bicyclic) bond motifs is 1. The van der Waals surface area contributed by atoms with Gasteiger partial charge in [-0.1, -0.05) is 38.1 Å². The van der Waals surface area contributed by atoms with Gasteiger partial charge in [0.25, 0.3) is 0 Å². The molecular weight excluding hydrogens is 557 g/mol. The minimum atomic E-state index is -0.923. The van der Waals surface area contributed by atoms with E-state index in [0.29, 0.717) is 39.9 Å². The molecule has 3 N–H and O–H groups in total. The smallest absolute Gasteiger partial charge is 0.307 e. The lowest BCUT2D eigenvalue weighted by atomic mass is 9.81. The van der Waals surface area contributed by atoms with E-state index in [4.69, 9.17) is 14.6 Å². The Hall–Kier alpha value is -4.28. The predicted molar refractivity (Wildman–Crippen MR) is 162 cm³/mol. The van der Waals surface area contributed by atoms with E-state index in [1.807, 2.05) is 32.9 Å². The minimum absolute atomic E-state index is 0.0940. The molecule has 4 aromatic rings. The molecule has 220 valence electrons. The maximum absolute atomic E-state index is 15.2. The van der Waals surface area contributed by atoms with Crippen LogP contribution in [0.25, 0.3) is 11.1 Å². The Kier molecular flexibility index (Phi) is 9.92. The fourth-order valence-electron chi connectivity index (χ4n) is 4.95. The Morgan fingerprint density at radius 1 is 1.12 bits per heavy atom. The van der Waals surface area contributed by atoms with Crippen LogP contribution in [0.15, 0.2) is 66.2 Å². The minimum Gasteiger partial charge on any atom is -0.493 e. The van der Waals surface area contributed by atoms with Crippen LogP contribution < -0.4 is 20.1 Å². The summed E-state index contributed by atoms with van der Waals surface area (Å²) < 4.78 is 26.9. The van der Waals surface area contributed by atoms with Gasteiger partial charge in [0, 0.05) is 41.7 Å². The number of benzene rings is 3.